The van der Waals surface area contributed by atoms with Gasteiger partial charge in [0, 0.05) is 23.4 Å². The summed E-state index contributed by atoms with van der Waals surface area (Å²) in [6, 6.07) is 5.44. The van der Waals surface area contributed by atoms with Gasteiger partial charge in [-0.3, -0.25) is 0 Å². The minimum absolute atomic E-state index is 0.00656. The number of alkyl halides is 3. The molecule has 1 aromatic carbocycles. The summed E-state index contributed by atoms with van der Waals surface area (Å²) in [6.07, 6.45) is 5.82. The maximum absolute atomic E-state index is 13.5. The second-order valence-corrected chi connectivity index (χ2v) is 7.66. The highest BCUT2D eigenvalue weighted by atomic mass is 32.2. The van der Waals surface area contributed by atoms with E-state index in [0.717, 1.165) is 44.6 Å². The van der Waals surface area contributed by atoms with E-state index in [1.807, 2.05) is 0 Å². The monoisotopic (exact) mass is 317 g/mol. The number of hydrogen-bond donors (Lipinski definition) is 0. The molecule has 1 saturated carbocycles. The third kappa shape index (κ3) is 2.93. The van der Waals surface area contributed by atoms with Crippen LogP contribution in [0.2, 0.25) is 0 Å². The van der Waals surface area contributed by atoms with Gasteiger partial charge in [-0.1, -0.05) is 25.7 Å². The zero-order valence-corrected chi connectivity index (χ0v) is 12.4. The highest BCUT2D eigenvalue weighted by molar-refractivity contribution is 7.38. The Bertz CT molecular complexity index is 633. The first kappa shape index (κ1) is 14.8. The summed E-state index contributed by atoms with van der Waals surface area (Å²) in [7, 11) is -1.95. The Morgan fingerprint density at radius 3 is 2.24 bits per heavy atom. The lowest BCUT2D eigenvalue weighted by atomic mass is 9.98. The summed E-state index contributed by atoms with van der Waals surface area (Å²) >= 11 is 0. The maximum Gasteiger partial charge on any atom is 0.600 e. The zero-order chi connectivity index (χ0) is 15.0. The molecule has 1 aliphatic rings. The molecule has 0 nitrogen and oxygen atoms in total. The molecular formula is C16H17F4S+. The van der Waals surface area contributed by atoms with E-state index in [0.29, 0.717) is 10.3 Å². The fourth-order valence-corrected chi connectivity index (χ4v) is 5.43. The van der Waals surface area contributed by atoms with Gasteiger partial charge in [-0.05, 0) is 25.0 Å². The molecule has 21 heavy (non-hydrogen) atoms. The summed E-state index contributed by atoms with van der Waals surface area (Å²) < 4.78 is 54.1. The Morgan fingerprint density at radius 2 is 1.62 bits per heavy atom. The molecule has 1 aromatic heterocycles. The first-order valence-electron chi connectivity index (χ1n) is 7.29. The van der Waals surface area contributed by atoms with Crippen LogP contribution in [-0.4, -0.2) is 0 Å². The number of rotatable bonds is 1. The number of fused-ring (bicyclic) bond motifs is 1. The molecule has 0 spiro atoms. The molecule has 1 aliphatic carbocycles. The van der Waals surface area contributed by atoms with Crippen molar-refractivity contribution in [2.45, 2.75) is 50.0 Å². The molecule has 5 heteroatoms. The average molecular weight is 317 g/mol. The van der Waals surface area contributed by atoms with Crippen LogP contribution in [0.5, 0.6) is 0 Å². The molecule has 1 unspecified atom stereocenters. The van der Waals surface area contributed by atoms with E-state index < -0.39 is 21.8 Å². The number of hydrogen-bond acceptors (Lipinski definition) is 0. The highest BCUT2D eigenvalue weighted by Crippen LogP contribution is 2.54. The Kier molecular flexibility index (Phi) is 3.95. The largest absolute Gasteiger partial charge is 0.600 e. The lowest BCUT2D eigenvalue weighted by molar-refractivity contribution is -0.0868. The van der Waals surface area contributed by atoms with Crippen molar-refractivity contribution in [1.29, 1.82) is 0 Å². The normalized spacial score (nSPS) is 19.0. The predicted octanol–water partition coefficient (Wildman–Crippen LogP) is 6.64. The summed E-state index contributed by atoms with van der Waals surface area (Å²) in [6.45, 7) is 0. The van der Waals surface area contributed by atoms with Crippen LogP contribution in [0.15, 0.2) is 24.3 Å². The molecule has 1 heterocycles. The van der Waals surface area contributed by atoms with Crippen LogP contribution in [0, 0.1) is 5.82 Å². The van der Waals surface area contributed by atoms with Crippen LogP contribution in [0.1, 0.15) is 49.3 Å². The maximum atomic E-state index is 13.5. The topological polar surface area (TPSA) is 0 Å². The molecule has 0 saturated heterocycles. The van der Waals surface area contributed by atoms with E-state index in [4.69, 9.17) is 0 Å². The van der Waals surface area contributed by atoms with Crippen molar-refractivity contribution in [3.63, 3.8) is 0 Å². The molecule has 0 bridgehead atoms. The lowest BCUT2D eigenvalue weighted by Gasteiger charge is -2.10. The third-order valence-corrected chi connectivity index (χ3v) is 6.40. The molecule has 1 atom stereocenters. The lowest BCUT2D eigenvalue weighted by Crippen LogP contribution is -2.02. The van der Waals surface area contributed by atoms with Crippen molar-refractivity contribution in [3.8, 4) is 0 Å². The summed E-state index contributed by atoms with van der Waals surface area (Å²) in [4.78, 5) is 0.477. The second-order valence-electron chi connectivity index (χ2n) is 5.67. The van der Waals surface area contributed by atoms with Crippen LogP contribution in [0.3, 0.4) is 0 Å². The number of benzene rings is 1. The Hall–Kier alpha value is -1.10. The van der Waals surface area contributed by atoms with E-state index in [1.54, 1.807) is 6.07 Å². The van der Waals surface area contributed by atoms with Crippen molar-refractivity contribution >= 4 is 20.6 Å². The second kappa shape index (κ2) is 5.59. The van der Waals surface area contributed by atoms with Crippen LogP contribution in [0.4, 0.5) is 17.6 Å². The summed E-state index contributed by atoms with van der Waals surface area (Å²) in [5.41, 5.74) is -4.32. The van der Waals surface area contributed by atoms with Crippen LogP contribution in [0.25, 0.3) is 10.1 Å². The van der Waals surface area contributed by atoms with Gasteiger partial charge in [-0.15, -0.1) is 13.2 Å². The molecule has 3 rings (SSSR count). The summed E-state index contributed by atoms with van der Waals surface area (Å²) in [5.74, 6) is -0.598. The molecule has 0 amide bonds. The van der Waals surface area contributed by atoms with Gasteiger partial charge in [0.15, 0.2) is 9.58 Å². The highest BCUT2D eigenvalue weighted by Gasteiger charge is 2.49. The quantitative estimate of drug-likeness (QED) is 0.314. The minimum Gasteiger partial charge on any atom is -0.207 e. The Balaban J connectivity index is 2.16. The SMILES string of the molecule is Fc1ccc2cc(C3CCCCCC3)[s+](C(F)(F)F)c2c1. The molecule has 114 valence electrons. The smallest absolute Gasteiger partial charge is 0.207 e. The van der Waals surface area contributed by atoms with Gasteiger partial charge < -0.3 is 0 Å². The van der Waals surface area contributed by atoms with Crippen molar-refractivity contribution in [3.05, 3.63) is 35.0 Å². The van der Waals surface area contributed by atoms with Gasteiger partial charge in [0.1, 0.15) is 5.82 Å². The molecule has 2 aromatic rings. The Morgan fingerprint density at radius 1 is 0.952 bits per heavy atom. The molecule has 0 aliphatic heterocycles. The standard InChI is InChI=1S/C16H17F4S/c17-13-8-7-12-9-14(11-5-3-1-2-4-6-11)21(15(12)10-13)16(18,19)20/h7-11H,1-6H2/q+1. The van der Waals surface area contributed by atoms with Crippen LogP contribution in [-0.2, 0) is 5.51 Å². The first-order chi connectivity index (χ1) is 9.97. The minimum atomic E-state index is -4.32. The van der Waals surface area contributed by atoms with Crippen molar-refractivity contribution < 1.29 is 17.6 Å². The van der Waals surface area contributed by atoms with E-state index in [9.17, 15) is 17.6 Å². The van der Waals surface area contributed by atoms with Crippen LogP contribution >= 0.6 is 10.5 Å². The van der Waals surface area contributed by atoms with Crippen LogP contribution < -0.4 is 0 Å². The van der Waals surface area contributed by atoms with Gasteiger partial charge in [0.2, 0.25) is 0 Å². The number of halogens is 4. The molecule has 0 N–H and O–H groups in total. The third-order valence-electron chi connectivity index (χ3n) is 4.22. The summed E-state index contributed by atoms with van der Waals surface area (Å²) in [5, 5.41) is 0.538. The van der Waals surface area contributed by atoms with Gasteiger partial charge >= 0.3 is 5.51 Å². The van der Waals surface area contributed by atoms with Gasteiger partial charge in [-0.25, -0.2) is 4.39 Å². The van der Waals surface area contributed by atoms with E-state index in [-0.39, 0.29) is 10.6 Å². The van der Waals surface area contributed by atoms with Crippen molar-refractivity contribution in [2.24, 2.45) is 0 Å². The van der Waals surface area contributed by atoms with Gasteiger partial charge in [0.25, 0.3) is 0 Å². The molecular weight excluding hydrogens is 300 g/mol. The van der Waals surface area contributed by atoms with Crippen molar-refractivity contribution in [2.75, 3.05) is 0 Å². The zero-order valence-electron chi connectivity index (χ0n) is 11.5. The average Bonchev–Trinajstić information content (AvgIpc) is 2.59. The molecule has 0 radical (unpaired) electrons. The van der Waals surface area contributed by atoms with E-state index in [1.165, 1.54) is 12.1 Å². The fourth-order valence-electron chi connectivity index (χ4n) is 3.25. The van der Waals surface area contributed by atoms with E-state index >= 15 is 0 Å². The van der Waals surface area contributed by atoms with Gasteiger partial charge in [0.05, 0.1) is 10.5 Å². The number of thiophene rings is 1. The fraction of sp³-hybridized carbons (Fsp3) is 0.500. The first-order valence-corrected chi connectivity index (χ1v) is 8.51. The molecule has 1 fully saturated rings. The van der Waals surface area contributed by atoms with Crippen molar-refractivity contribution in [1.82, 2.24) is 0 Å². The van der Waals surface area contributed by atoms with Gasteiger partial charge in [-0.2, -0.15) is 0 Å². The Labute approximate surface area is 123 Å². The van der Waals surface area contributed by atoms with E-state index in [2.05, 4.69) is 0 Å². The predicted molar refractivity (Wildman–Crippen MR) is 78.1 cm³/mol.